The topological polar surface area (TPSA) is 35.5 Å². The summed E-state index contributed by atoms with van der Waals surface area (Å²) in [6.07, 6.45) is -0.268. The van der Waals surface area contributed by atoms with E-state index < -0.39 is 18.4 Å². The summed E-state index contributed by atoms with van der Waals surface area (Å²) >= 11 is 5.54. The van der Waals surface area contributed by atoms with Crippen LogP contribution in [0.2, 0.25) is 0 Å². The Bertz CT molecular complexity index is 438. The Morgan fingerprint density at radius 1 is 1.44 bits per heavy atom. The predicted octanol–water partition coefficient (Wildman–Crippen LogP) is 2.88. The average Bonchev–Trinajstić information content (AvgIpc) is 2.27. The maximum absolute atomic E-state index is 13.6. The molecule has 0 saturated heterocycles. The normalized spacial score (nSPS) is 10.6. The van der Waals surface area contributed by atoms with Gasteiger partial charge in [0.2, 0.25) is 0 Å². The summed E-state index contributed by atoms with van der Waals surface area (Å²) in [5.74, 6) is -1.99. The van der Waals surface area contributed by atoms with Gasteiger partial charge in [-0.25, -0.2) is 4.39 Å². The number of alkyl halides is 3. The van der Waals surface area contributed by atoms with Crippen molar-refractivity contribution in [3.63, 3.8) is 0 Å². The molecule has 0 N–H and O–H groups in total. The number of hydrogen-bond acceptors (Lipinski definition) is 3. The molecular weight excluding hydrogens is 273 g/mol. The quantitative estimate of drug-likeness (QED) is 0.615. The molecule has 1 rings (SSSR count). The summed E-state index contributed by atoms with van der Waals surface area (Å²) in [5, 5.41) is 0. The number of hydrogen-bond donors (Lipinski definition) is 0. The summed E-state index contributed by atoms with van der Waals surface area (Å²) in [6, 6.07) is 1.94. The van der Waals surface area contributed by atoms with Crippen molar-refractivity contribution in [2.75, 3.05) is 7.11 Å². The summed E-state index contributed by atoms with van der Waals surface area (Å²) in [5.41, 5.74) is 0.219. The molecule has 0 saturated carbocycles. The van der Waals surface area contributed by atoms with Gasteiger partial charge in [0.25, 0.3) is 0 Å². The van der Waals surface area contributed by atoms with E-state index in [1.165, 1.54) is 7.11 Å². The van der Waals surface area contributed by atoms with Gasteiger partial charge < -0.3 is 9.47 Å². The molecule has 0 aromatic heterocycles. The van der Waals surface area contributed by atoms with Crippen molar-refractivity contribution in [3.8, 4) is 5.75 Å². The molecule has 3 nitrogen and oxygen atoms in total. The van der Waals surface area contributed by atoms with Crippen LogP contribution < -0.4 is 4.74 Å². The lowest BCUT2D eigenvalue weighted by Crippen LogP contribution is -2.09. The van der Waals surface area contributed by atoms with Gasteiger partial charge in [-0.05, 0) is 11.6 Å². The highest BCUT2D eigenvalue weighted by atomic mass is 35.5. The molecule has 0 bridgehead atoms. The van der Waals surface area contributed by atoms with Crippen LogP contribution in [0.5, 0.6) is 5.75 Å². The third-order valence-electron chi connectivity index (χ3n) is 2.18. The Kier molecular flexibility index (Phi) is 5.27. The molecule has 0 radical (unpaired) electrons. The number of carbonyl (C=O) groups is 1. The lowest BCUT2D eigenvalue weighted by Gasteiger charge is -2.11. The fourth-order valence-corrected chi connectivity index (χ4v) is 1.67. The fourth-order valence-electron chi connectivity index (χ4n) is 1.37. The molecule has 18 heavy (non-hydrogen) atoms. The largest absolute Gasteiger partial charge is 0.469 e. The second kappa shape index (κ2) is 6.49. The summed E-state index contributed by atoms with van der Waals surface area (Å²) in [4.78, 5) is 11.1. The Labute approximate surface area is 106 Å². The number of methoxy groups -OCH3 is 1. The molecule has 1 aromatic rings. The smallest absolute Gasteiger partial charge is 0.387 e. The average molecular weight is 283 g/mol. The molecule has 1 aromatic carbocycles. The maximum atomic E-state index is 13.6. The van der Waals surface area contributed by atoms with Crippen LogP contribution in [0.4, 0.5) is 13.2 Å². The van der Waals surface area contributed by atoms with Gasteiger partial charge in [0.05, 0.1) is 19.4 Å². The second-order valence-electron chi connectivity index (χ2n) is 3.31. The van der Waals surface area contributed by atoms with Crippen molar-refractivity contribution in [2.24, 2.45) is 0 Å². The number of halogens is 4. The molecule has 0 heterocycles. The number of carbonyl (C=O) groups excluding carboxylic acids is 1. The third-order valence-corrected chi connectivity index (χ3v) is 2.45. The first-order valence-corrected chi connectivity index (χ1v) is 5.40. The molecule has 0 fully saturated rings. The molecule has 0 aliphatic rings. The molecule has 0 unspecified atom stereocenters. The zero-order chi connectivity index (χ0) is 13.7. The lowest BCUT2D eigenvalue weighted by molar-refractivity contribution is -0.139. The minimum absolute atomic E-state index is 0.0590. The van der Waals surface area contributed by atoms with Crippen LogP contribution in [0.15, 0.2) is 12.1 Å². The van der Waals surface area contributed by atoms with E-state index in [1.54, 1.807) is 0 Å². The van der Waals surface area contributed by atoms with E-state index in [9.17, 15) is 18.0 Å². The zero-order valence-corrected chi connectivity index (χ0v) is 10.1. The highest BCUT2D eigenvalue weighted by Gasteiger charge is 2.16. The first-order valence-electron chi connectivity index (χ1n) is 4.86. The van der Waals surface area contributed by atoms with Crippen LogP contribution in [0, 0.1) is 5.82 Å². The van der Waals surface area contributed by atoms with E-state index in [4.69, 9.17) is 11.6 Å². The number of rotatable bonds is 5. The van der Waals surface area contributed by atoms with Crippen LogP contribution in [0.3, 0.4) is 0 Å². The monoisotopic (exact) mass is 282 g/mol. The Hall–Kier alpha value is -1.43. The molecule has 0 amide bonds. The molecule has 0 aliphatic carbocycles. The Balaban J connectivity index is 3.10. The maximum Gasteiger partial charge on any atom is 0.387 e. The van der Waals surface area contributed by atoms with Gasteiger partial charge in [-0.15, -0.1) is 11.6 Å². The van der Waals surface area contributed by atoms with Crippen molar-refractivity contribution in [1.29, 1.82) is 0 Å². The summed E-state index contributed by atoms with van der Waals surface area (Å²) < 4.78 is 46.1. The zero-order valence-electron chi connectivity index (χ0n) is 9.38. The van der Waals surface area contributed by atoms with E-state index in [1.807, 2.05) is 0 Å². The van der Waals surface area contributed by atoms with Gasteiger partial charge in [0.15, 0.2) is 0 Å². The minimum Gasteiger partial charge on any atom is -0.469 e. The van der Waals surface area contributed by atoms with Gasteiger partial charge in [0, 0.05) is 11.6 Å². The Morgan fingerprint density at radius 3 is 2.61 bits per heavy atom. The third kappa shape index (κ3) is 3.80. The van der Waals surface area contributed by atoms with E-state index in [0.717, 1.165) is 12.1 Å². The van der Waals surface area contributed by atoms with Gasteiger partial charge in [-0.1, -0.05) is 0 Å². The minimum atomic E-state index is -3.07. The van der Waals surface area contributed by atoms with Crippen molar-refractivity contribution in [2.45, 2.75) is 18.9 Å². The van der Waals surface area contributed by atoms with Gasteiger partial charge in [0.1, 0.15) is 11.6 Å². The van der Waals surface area contributed by atoms with E-state index in [0.29, 0.717) is 0 Å². The van der Waals surface area contributed by atoms with Crippen LogP contribution >= 0.6 is 11.6 Å². The SMILES string of the molecule is COC(=O)Cc1cc(OC(F)F)cc(F)c1CCl. The number of esters is 1. The lowest BCUT2D eigenvalue weighted by atomic mass is 10.0. The van der Waals surface area contributed by atoms with E-state index in [-0.39, 0.29) is 29.2 Å². The number of benzene rings is 1. The van der Waals surface area contributed by atoms with Gasteiger partial charge >= 0.3 is 12.6 Å². The van der Waals surface area contributed by atoms with Crippen LogP contribution in [0.25, 0.3) is 0 Å². The highest BCUT2D eigenvalue weighted by molar-refractivity contribution is 6.17. The number of ether oxygens (including phenoxy) is 2. The standard InChI is InChI=1S/C11H10ClF3O3/c1-17-10(16)3-6-2-7(18-11(14)15)4-9(13)8(6)5-12/h2,4,11H,3,5H2,1H3. The first-order chi connectivity index (χ1) is 8.47. The second-order valence-corrected chi connectivity index (χ2v) is 3.58. The molecule has 100 valence electrons. The van der Waals surface area contributed by atoms with Crippen molar-refractivity contribution >= 4 is 17.6 Å². The van der Waals surface area contributed by atoms with Crippen LogP contribution in [-0.2, 0) is 21.8 Å². The summed E-state index contributed by atoms with van der Waals surface area (Å²) in [6.45, 7) is -3.07. The van der Waals surface area contributed by atoms with Crippen molar-refractivity contribution in [3.05, 3.63) is 29.1 Å². The fraction of sp³-hybridized carbons (Fsp3) is 0.364. The van der Waals surface area contributed by atoms with Crippen LogP contribution in [0.1, 0.15) is 11.1 Å². The predicted molar refractivity (Wildman–Crippen MR) is 58.3 cm³/mol. The van der Waals surface area contributed by atoms with E-state index >= 15 is 0 Å². The summed E-state index contributed by atoms with van der Waals surface area (Å²) in [7, 11) is 1.17. The van der Waals surface area contributed by atoms with Crippen molar-refractivity contribution < 1.29 is 27.4 Å². The van der Waals surface area contributed by atoms with E-state index in [2.05, 4.69) is 9.47 Å². The molecule has 0 aliphatic heterocycles. The molecular formula is C11H10ClF3O3. The first kappa shape index (κ1) is 14.6. The molecule has 7 heteroatoms. The van der Waals surface area contributed by atoms with Gasteiger partial charge in [-0.2, -0.15) is 8.78 Å². The van der Waals surface area contributed by atoms with Crippen LogP contribution in [-0.4, -0.2) is 19.7 Å². The van der Waals surface area contributed by atoms with Gasteiger partial charge in [-0.3, -0.25) is 4.79 Å². The van der Waals surface area contributed by atoms with Crippen molar-refractivity contribution in [1.82, 2.24) is 0 Å². The molecule has 0 atom stereocenters. The Morgan fingerprint density at radius 2 is 2.11 bits per heavy atom. The highest BCUT2D eigenvalue weighted by Crippen LogP contribution is 2.25. The molecule has 0 spiro atoms.